The van der Waals surface area contributed by atoms with Crippen molar-refractivity contribution in [3.63, 3.8) is 0 Å². The zero-order valence-electron chi connectivity index (χ0n) is 11.4. The van der Waals surface area contributed by atoms with Crippen molar-refractivity contribution in [1.82, 2.24) is 0 Å². The highest BCUT2D eigenvalue weighted by Crippen LogP contribution is 2.10. The Hall–Kier alpha value is -1.17. The normalized spacial score (nSPS) is 10.6. The summed E-state index contributed by atoms with van der Waals surface area (Å²) in [5.74, 6) is 0.406. The Morgan fingerprint density at radius 2 is 1.79 bits per heavy atom. The molecule has 0 heterocycles. The van der Waals surface area contributed by atoms with Gasteiger partial charge in [0.05, 0.1) is 32.9 Å². The summed E-state index contributed by atoms with van der Waals surface area (Å²) in [6.45, 7) is 4.55. The second kappa shape index (κ2) is 10.7. The van der Waals surface area contributed by atoms with Crippen LogP contribution < -0.4 is 10.1 Å². The van der Waals surface area contributed by atoms with Crippen LogP contribution in [0.3, 0.4) is 0 Å². The van der Waals surface area contributed by atoms with E-state index < -0.39 is 0 Å². The fourth-order valence-corrected chi connectivity index (χ4v) is 1.53. The highest BCUT2D eigenvalue weighted by molar-refractivity contribution is 5.21. The summed E-state index contributed by atoms with van der Waals surface area (Å²) in [6.07, 6.45) is 1.06. The van der Waals surface area contributed by atoms with Crippen molar-refractivity contribution in [2.75, 3.05) is 46.6 Å². The van der Waals surface area contributed by atoms with Gasteiger partial charge in [-0.3, -0.25) is 0 Å². The molecule has 0 bridgehead atoms. The third-order valence-corrected chi connectivity index (χ3v) is 2.53. The highest BCUT2D eigenvalue weighted by Gasteiger charge is 1.96. The molecule has 0 aliphatic heterocycles. The predicted molar refractivity (Wildman–Crippen MR) is 70.9 cm³/mol. The SMILES string of the molecule is COCCC[NH2+]CCOCCOc1ccc(F)cc1. The molecule has 0 saturated heterocycles. The van der Waals surface area contributed by atoms with E-state index in [1.54, 1.807) is 19.2 Å². The maximum absolute atomic E-state index is 12.6. The summed E-state index contributed by atoms with van der Waals surface area (Å²) in [4.78, 5) is 0. The largest absolute Gasteiger partial charge is 0.491 e. The lowest BCUT2D eigenvalue weighted by molar-refractivity contribution is -0.656. The second-order valence-corrected chi connectivity index (χ2v) is 4.13. The van der Waals surface area contributed by atoms with Crippen LogP contribution >= 0.6 is 0 Å². The number of ether oxygens (including phenoxy) is 3. The summed E-state index contributed by atoms with van der Waals surface area (Å²) >= 11 is 0. The molecule has 4 nitrogen and oxygen atoms in total. The van der Waals surface area contributed by atoms with Gasteiger partial charge in [-0.25, -0.2) is 4.39 Å². The van der Waals surface area contributed by atoms with Crippen LogP contribution in [0.25, 0.3) is 0 Å². The van der Waals surface area contributed by atoms with Gasteiger partial charge in [-0.1, -0.05) is 0 Å². The summed E-state index contributed by atoms with van der Waals surface area (Å²) in [6, 6.07) is 5.98. The van der Waals surface area contributed by atoms with Crippen molar-refractivity contribution in [1.29, 1.82) is 0 Å². The average molecular weight is 272 g/mol. The summed E-state index contributed by atoms with van der Waals surface area (Å²) in [7, 11) is 1.71. The number of halogens is 1. The van der Waals surface area contributed by atoms with Crippen molar-refractivity contribution >= 4 is 0 Å². The minimum atomic E-state index is -0.257. The Morgan fingerprint density at radius 3 is 2.53 bits per heavy atom. The Kier molecular flexibility index (Phi) is 8.97. The van der Waals surface area contributed by atoms with Crippen LogP contribution in [0.4, 0.5) is 4.39 Å². The summed E-state index contributed by atoms with van der Waals surface area (Å²) in [5.41, 5.74) is 0. The number of nitrogens with two attached hydrogens (primary N) is 1. The van der Waals surface area contributed by atoms with Gasteiger partial charge in [-0.05, 0) is 24.3 Å². The van der Waals surface area contributed by atoms with Crippen LogP contribution in [0, 0.1) is 5.82 Å². The van der Waals surface area contributed by atoms with Gasteiger partial charge in [-0.2, -0.15) is 0 Å². The average Bonchev–Trinajstić information content (AvgIpc) is 2.43. The Labute approximate surface area is 113 Å². The minimum absolute atomic E-state index is 0.257. The van der Waals surface area contributed by atoms with Gasteiger partial charge in [-0.15, -0.1) is 0 Å². The molecule has 0 unspecified atom stereocenters. The van der Waals surface area contributed by atoms with E-state index in [-0.39, 0.29) is 5.82 Å². The zero-order chi connectivity index (χ0) is 13.8. The monoisotopic (exact) mass is 272 g/mol. The van der Waals surface area contributed by atoms with Gasteiger partial charge in [0.15, 0.2) is 0 Å². The minimum Gasteiger partial charge on any atom is -0.491 e. The van der Waals surface area contributed by atoms with E-state index in [0.29, 0.717) is 25.6 Å². The maximum atomic E-state index is 12.6. The lowest BCUT2D eigenvalue weighted by Gasteiger charge is -2.06. The van der Waals surface area contributed by atoms with Crippen LogP contribution in [0.2, 0.25) is 0 Å². The van der Waals surface area contributed by atoms with E-state index in [0.717, 1.165) is 26.1 Å². The van der Waals surface area contributed by atoms with Crippen LogP contribution in [0.5, 0.6) is 5.75 Å². The standard InChI is InChI=1S/C14H22FNO3/c1-17-9-2-7-16-8-10-18-11-12-19-14-5-3-13(15)4-6-14/h3-6,16H,2,7-12H2,1H3/p+1. The number of rotatable bonds is 11. The Morgan fingerprint density at radius 1 is 1.00 bits per heavy atom. The molecule has 5 heteroatoms. The zero-order valence-corrected chi connectivity index (χ0v) is 11.4. The van der Waals surface area contributed by atoms with E-state index in [2.05, 4.69) is 5.32 Å². The third kappa shape index (κ3) is 8.53. The van der Waals surface area contributed by atoms with Gasteiger partial charge in [0.25, 0.3) is 0 Å². The second-order valence-electron chi connectivity index (χ2n) is 4.13. The van der Waals surface area contributed by atoms with Crippen LogP contribution in [-0.2, 0) is 9.47 Å². The molecule has 0 aromatic heterocycles. The van der Waals surface area contributed by atoms with Crippen molar-refractivity contribution < 1.29 is 23.9 Å². The van der Waals surface area contributed by atoms with Gasteiger partial charge in [0, 0.05) is 13.5 Å². The van der Waals surface area contributed by atoms with E-state index in [1.807, 2.05) is 0 Å². The molecular formula is C14H23FNO3+. The topological polar surface area (TPSA) is 44.3 Å². The molecule has 0 amide bonds. The lowest BCUT2D eigenvalue weighted by atomic mass is 10.3. The van der Waals surface area contributed by atoms with Gasteiger partial charge in [0.2, 0.25) is 0 Å². The van der Waals surface area contributed by atoms with E-state index in [4.69, 9.17) is 14.2 Å². The van der Waals surface area contributed by atoms with E-state index in [1.165, 1.54) is 12.1 Å². The number of methoxy groups -OCH3 is 1. The van der Waals surface area contributed by atoms with Crippen molar-refractivity contribution in [3.05, 3.63) is 30.1 Å². The number of benzene rings is 1. The van der Waals surface area contributed by atoms with Crippen LogP contribution in [0.15, 0.2) is 24.3 Å². The van der Waals surface area contributed by atoms with Gasteiger partial charge >= 0.3 is 0 Å². The molecule has 0 fully saturated rings. The molecular weight excluding hydrogens is 249 g/mol. The first-order valence-electron chi connectivity index (χ1n) is 6.59. The van der Waals surface area contributed by atoms with Gasteiger partial charge in [0.1, 0.15) is 18.2 Å². The molecule has 108 valence electrons. The highest BCUT2D eigenvalue weighted by atomic mass is 19.1. The molecule has 0 aliphatic rings. The quantitative estimate of drug-likeness (QED) is 0.607. The Bertz CT molecular complexity index is 319. The van der Waals surface area contributed by atoms with Crippen molar-refractivity contribution in [3.8, 4) is 5.75 Å². The van der Waals surface area contributed by atoms with Crippen molar-refractivity contribution in [2.45, 2.75) is 6.42 Å². The van der Waals surface area contributed by atoms with Crippen molar-refractivity contribution in [2.24, 2.45) is 0 Å². The summed E-state index contributed by atoms with van der Waals surface area (Å²) in [5, 5.41) is 2.21. The van der Waals surface area contributed by atoms with Gasteiger partial charge < -0.3 is 19.5 Å². The third-order valence-electron chi connectivity index (χ3n) is 2.53. The lowest BCUT2D eigenvalue weighted by Crippen LogP contribution is -2.85. The number of quaternary nitrogens is 1. The molecule has 0 spiro atoms. The molecule has 1 aromatic rings. The summed E-state index contributed by atoms with van der Waals surface area (Å²) < 4.78 is 28.4. The molecule has 1 aromatic carbocycles. The maximum Gasteiger partial charge on any atom is 0.123 e. The first-order valence-corrected chi connectivity index (χ1v) is 6.59. The van der Waals surface area contributed by atoms with E-state index >= 15 is 0 Å². The molecule has 0 saturated carbocycles. The molecule has 0 atom stereocenters. The fourth-order valence-electron chi connectivity index (χ4n) is 1.53. The Balaban J connectivity index is 1.87. The molecule has 0 radical (unpaired) electrons. The number of hydrogen-bond acceptors (Lipinski definition) is 3. The predicted octanol–water partition coefficient (Wildman–Crippen LogP) is 0.821. The van der Waals surface area contributed by atoms with Crippen LogP contribution in [0.1, 0.15) is 6.42 Å². The first kappa shape index (κ1) is 15.9. The van der Waals surface area contributed by atoms with E-state index in [9.17, 15) is 4.39 Å². The molecule has 1 rings (SSSR count). The molecule has 19 heavy (non-hydrogen) atoms. The fraction of sp³-hybridized carbons (Fsp3) is 0.571. The number of hydrogen-bond donors (Lipinski definition) is 1. The van der Waals surface area contributed by atoms with Crippen LogP contribution in [-0.4, -0.2) is 46.6 Å². The first-order chi connectivity index (χ1) is 9.33. The molecule has 0 aliphatic carbocycles. The smallest absolute Gasteiger partial charge is 0.123 e. The molecule has 2 N–H and O–H groups in total.